The van der Waals surface area contributed by atoms with Crippen molar-refractivity contribution >= 4 is 29.2 Å². The number of para-hydroxylation sites is 2. The molecule has 0 aromatic heterocycles. The first-order valence-corrected chi connectivity index (χ1v) is 8.70. The first kappa shape index (κ1) is 23.2. The molecule has 2 rings (SSSR count). The van der Waals surface area contributed by atoms with Crippen LogP contribution in [0.15, 0.2) is 42.5 Å². The molecular weight excluding hydrogens is 420 g/mol. The molecule has 2 aromatic carbocycles. The molecule has 31 heavy (non-hydrogen) atoms. The van der Waals surface area contributed by atoms with Crippen LogP contribution in [-0.4, -0.2) is 42.5 Å². The van der Waals surface area contributed by atoms with Crippen LogP contribution in [0, 0.1) is 17.0 Å². The Morgan fingerprint density at radius 3 is 2.52 bits per heavy atom. The molecule has 2 aromatic rings. The zero-order chi connectivity index (χ0) is 23.0. The molecule has 0 bridgehead atoms. The summed E-state index contributed by atoms with van der Waals surface area (Å²) in [6, 6.07) is 9.16. The smallest absolute Gasteiger partial charge is 0.387 e. The van der Waals surface area contributed by atoms with Crippen molar-refractivity contribution in [2.24, 2.45) is 0 Å². The first-order chi connectivity index (χ1) is 14.7. The summed E-state index contributed by atoms with van der Waals surface area (Å²) in [4.78, 5) is 45.8. The summed E-state index contributed by atoms with van der Waals surface area (Å²) in [5.41, 5.74) is 0.186. The number of anilines is 1. The Balaban J connectivity index is 1.82. The van der Waals surface area contributed by atoms with E-state index >= 15 is 0 Å². The van der Waals surface area contributed by atoms with E-state index in [0.29, 0.717) is 0 Å². The van der Waals surface area contributed by atoms with Crippen molar-refractivity contribution in [2.45, 2.75) is 13.5 Å². The van der Waals surface area contributed by atoms with Gasteiger partial charge in [-0.2, -0.15) is 8.78 Å². The largest absolute Gasteiger partial charge is 0.454 e. The lowest BCUT2D eigenvalue weighted by molar-refractivity contribution is -0.385. The second kappa shape index (κ2) is 10.6. The minimum atomic E-state index is -3.08. The highest BCUT2D eigenvalue weighted by Crippen LogP contribution is 2.25. The maximum absolute atomic E-state index is 12.4. The Bertz CT molecular complexity index is 998. The van der Waals surface area contributed by atoms with Crippen LogP contribution >= 0.6 is 0 Å². The summed E-state index contributed by atoms with van der Waals surface area (Å²) in [6.45, 7) is -2.91. The highest BCUT2D eigenvalue weighted by molar-refractivity contribution is 5.97. The van der Waals surface area contributed by atoms with Gasteiger partial charge in [0.15, 0.2) is 6.61 Å². The number of benzene rings is 2. The molecular formula is C19H17F2N3O7. The molecule has 0 aliphatic rings. The minimum Gasteiger partial charge on any atom is -0.454 e. The lowest BCUT2D eigenvalue weighted by Gasteiger charge is -2.12. The van der Waals surface area contributed by atoms with Crippen LogP contribution in [0.1, 0.15) is 15.9 Å². The van der Waals surface area contributed by atoms with E-state index < -0.39 is 42.5 Å². The van der Waals surface area contributed by atoms with Gasteiger partial charge in [0.2, 0.25) is 0 Å². The van der Waals surface area contributed by atoms with Gasteiger partial charge in [-0.05, 0) is 31.2 Å². The van der Waals surface area contributed by atoms with Crippen molar-refractivity contribution in [3.05, 3.63) is 63.7 Å². The monoisotopic (exact) mass is 437 g/mol. The van der Waals surface area contributed by atoms with E-state index in [1.807, 2.05) is 0 Å². The van der Waals surface area contributed by atoms with Crippen LogP contribution in [0.3, 0.4) is 0 Å². The van der Waals surface area contributed by atoms with Gasteiger partial charge >= 0.3 is 12.6 Å². The van der Waals surface area contributed by atoms with Gasteiger partial charge < -0.3 is 20.1 Å². The third-order valence-electron chi connectivity index (χ3n) is 3.79. The lowest BCUT2D eigenvalue weighted by Crippen LogP contribution is -2.32. The summed E-state index contributed by atoms with van der Waals surface area (Å²) in [7, 11) is 0. The van der Waals surface area contributed by atoms with Gasteiger partial charge in [-0.3, -0.25) is 24.5 Å². The third-order valence-corrected chi connectivity index (χ3v) is 3.79. The summed E-state index contributed by atoms with van der Waals surface area (Å²) in [5, 5.41) is 15.3. The molecule has 2 N–H and O–H groups in total. The average molecular weight is 437 g/mol. The Morgan fingerprint density at radius 1 is 1.16 bits per heavy atom. The number of rotatable bonds is 9. The van der Waals surface area contributed by atoms with Crippen LogP contribution in [0.2, 0.25) is 0 Å². The number of aryl methyl sites for hydroxylation is 1. The van der Waals surface area contributed by atoms with E-state index in [4.69, 9.17) is 4.74 Å². The lowest BCUT2D eigenvalue weighted by atomic mass is 10.1. The molecule has 0 saturated carbocycles. The van der Waals surface area contributed by atoms with Gasteiger partial charge in [0.05, 0.1) is 10.6 Å². The molecule has 0 aliphatic carbocycles. The Hall–Kier alpha value is -4.09. The molecule has 0 saturated heterocycles. The Kier molecular flexibility index (Phi) is 7.94. The molecule has 2 amide bonds. The minimum absolute atomic E-state index is 0.0364. The quantitative estimate of drug-likeness (QED) is 0.349. The van der Waals surface area contributed by atoms with E-state index in [-0.39, 0.29) is 28.3 Å². The number of amides is 2. The van der Waals surface area contributed by atoms with E-state index in [1.54, 1.807) is 0 Å². The van der Waals surface area contributed by atoms with Gasteiger partial charge in [-0.15, -0.1) is 0 Å². The van der Waals surface area contributed by atoms with E-state index in [9.17, 15) is 33.3 Å². The third kappa shape index (κ3) is 7.03. The van der Waals surface area contributed by atoms with Crippen molar-refractivity contribution in [2.75, 3.05) is 18.5 Å². The predicted molar refractivity (Wildman–Crippen MR) is 103 cm³/mol. The number of halogens is 2. The summed E-state index contributed by atoms with van der Waals surface area (Å²) in [5.74, 6) is -2.67. The number of alkyl halides is 2. The maximum atomic E-state index is 12.4. The number of carbonyl (C=O) groups excluding carboxylic acids is 3. The van der Waals surface area contributed by atoms with Gasteiger partial charge in [0.25, 0.3) is 17.5 Å². The Morgan fingerprint density at radius 2 is 1.87 bits per heavy atom. The topological polar surface area (TPSA) is 137 Å². The van der Waals surface area contributed by atoms with Crippen molar-refractivity contribution in [3.8, 4) is 5.75 Å². The molecule has 10 nitrogen and oxygen atoms in total. The van der Waals surface area contributed by atoms with Crippen molar-refractivity contribution in [3.63, 3.8) is 0 Å². The second-order valence-electron chi connectivity index (χ2n) is 6.02. The van der Waals surface area contributed by atoms with Crippen LogP contribution in [0.4, 0.5) is 20.2 Å². The average Bonchev–Trinajstić information content (AvgIpc) is 2.71. The molecule has 12 heteroatoms. The van der Waals surface area contributed by atoms with Gasteiger partial charge in [-0.25, -0.2) is 0 Å². The fourth-order valence-corrected chi connectivity index (χ4v) is 2.41. The number of esters is 1. The summed E-state index contributed by atoms with van der Waals surface area (Å²) < 4.78 is 33.7. The molecule has 164 valence electrons. The predicted octanol–water partition coefficient (Wildman–Crippen LogP) is 2.42. The number of ether oxygens (including phenoxy) is 2. The van der Waals surface area contributed by atoms with Gasteiger partial charge in [-0.1, -0.05) is 12.1 Å². The summed E-state index contributed by atoms with van der Waals surface area (Å²) >= 11 is 0. The summed E-state index contributed by atoms with van der Waals surface area (Å²) in [6.07, 6.45) is 0. The highest BCUT2D eigenvalue weighted by Gasteiger charge is 2.16. The van der Waals surface area contributed by atoms with Gasteiger partial charge in [0.1, 0.15) is 12.3 Å². The number of hydrogen-bond donors (Lipinski definition) is 2. The van der Waals surface area contributed by atoms with Crippen molar-refractivity contribution < 1.29 is 37.6 Å². The van der Waals surface area contributed by atoms with Crippen LogP contribution < -0.4 is 15.4 Å². The Labute approximate surface area is 174 Å². The van der Waals surface area contributed by atoms with E-state index in [0.717, 1.165) is 0 Å². The standard InChI is InChI=1S/C19H17F2N3O7/c1-11-8-12(6-7-14(11)24(28)29)18(27)22-9-17(26)30-10-16(25)23-13-4-2-3-5-15(13)31-19(20)21/h2-8,19H,9-10H2,1H3,(H,22,27)(H,23,25). The highest BCUT2D eigenvalue weighted by atomic mass is 19.3. The zero-order valence-corrected chi connectivity index (χ0v) is 16.1. The number of nitro benzene ring substituents is 1. The van der Waals surface area contributed by atoms with E-state index in [2.05, 4.69) is 15.4 Å². The fourth-order valence-electron chi connectivity index (χ4n) is 2.41. The molecule has 0 fully saturated rings. The SMILES string of the molecule is Cc1cc(C(=O)NCC(=O)OCC(=O)Nc2ccccc2OC(F)F)ccc1[N+](=O)[O-]. The first-order valence-electron chi connectivity index (χ1n) is 8.70. The molecule has 0 unspecified atom stereocenters. The van der Waals surface area contributed by atoms with Gasteiger partial charge in [0, 0.05) is 17.2 Å². The molecule has 0 aliphatic heterocycles. The molecule has 0 atom stereocenters. The van der Waals surface area contributed by atoms with Crippen molar-refractivity contribution in [1.82, 2.24) is 5.32 Å². The van der Waals surface area contributed by atoms with Crippen LogP contribution in [-0.2, 0) is 14.3 Å². The number of carbonyl (C=O) groups is 3. The normalized spacial score (nSPS) is 10.3. The number of nitrogens with zero attached hydrogens (tertiary/aromatic N) is 1. The van der Waals surface area contributed by atoms with Crippen LogP contribution in [0.5, 0.6) is 5.75 Å². The fraction of sp³-hybridized carbons (Fsp3) is 0.211. The molecule has 0 spiro atoms. The molecule has 0 heterocycles. The van der Waals surface area contributed by atoms with Crippen LogP contribution in [0.25, 0.3) is 0 Å². The van der Waals surface area contributed by atoms with Crippen molar-refractivity contribution in [1.29, 1.82) is 0 Å². The number of nitrogens with one attached hydrogen (secondary N) is 2. The zero-order valence-electron chi connectivity index (χ0n) is 16.1. The van der Waals surface area contributed by atoms with E-state index in [1.165, 1.54) is 49.4 Å². The number of hydrogen-bond acceptors (Lipinski definition) is 7. The maximum Gasteiger partial charge on any atom is 0.387 e. The molecule has 0 radical (unpaired) electrons. The number of nitro groups is 1. The second-order valence-corrected chi connectivity index (χ2v) is 6.02.